The summed E-state index contributed by atoms with van der Waals surface area (Å²) >= 11 is 0. The minimum Gasteiger partial charge on any atom is -0.373 e. The highest BCUT2D eigenvalue weighted by molar-refractivity contribution is 5.95. The Morgan fingerprint density at radius 2 is 2.05 bits per heavy atom. The summed E-state index contributed by atoms with van der Waals surface area (Å²) in [4.78, 5) is 16.7. The Hall–Kier alpha value is -1.58. The first-order valence-corrected chi connectivity index (χ1v) is 7.60. The first-order chi connectivity index (χ1) is 9.60. The van der Waals surface area contributed by atoms with E-state index in [-0.39, 0.29) is 11.9 Å². The van der Waals surface area contributed by atoms with E-state index in [0.29, 0.717) is 5.56 Å². The Kier molecular flexibility index (Phi) is 7.05. The number of pyridine rings is 1. The van der Waals surface area contributed by atoms with Gasteiger partial charge in [-0.2, -0.15) is 0 Å². The van der Waals surface area contributed by atoms with Crippen LogP contribution in [0, 0.1) is 0 Å². The van der Waals surface area contributed by atoms with Crippen molar-refractivity contribution in [1.29, 1.82) is 0 Å². The van der Waals surface area contributed by atoms with Crippen LogP contribution in [0.4, 0.5) is 5.82 Å². The lowest BCUT2D eigenvalue weighted by Gasteiger charge is -2.14. The summed E-state index contributed by atoms with van der Waals surface area (Å²) in [6.07, 6.45) is 5.44. The third-order valence-corrected chi connectivity index (χ3v) is 3.38. The van der Waals surface area contributed by atoms with Crippen molar-refractivity contribution in [3.63, 3.8) is 0 Å². The van der Waals surface area contributed by atoms with Crippen molar-refractivity contribution in [2.75, 3.05) is 12.4 Å². The van der Waals surface area contributed by atoms with Crippen molar-refractivity contribution in [3.8, 4) is 0 Å². The number of hydrogen-bond donors (Lipinski definition) is 2. The Balaban J connectivity index is 2.66. The molecule has 0 aromatic carbocycles. The Bertz CT molecular complexity index is 409. The van der Waals surface area contributed by atoms with E-state index in [1.54, 1.807) is 6.07 Å². The van der Waals surface area contributed by atoms with Gasteiger partial charge in [0.1, 0.15) is 5.82 Å². The predicted octanol–water partition coefficient (Wildman–Crippen LogP) is 3.38. The fourth-order valence-corrected chi connectivity index (χ4v) is 2.11. The molecule has 1 aromatic heterocycles. The van der Waals surface area contributed by atoms with Gasteiger partial charge in [0.25, 0.3) is 5.91 Å². The lowest BCUT2D eigenvalue weighted by Crippen LogP contribution is -2.32. The molecule has 0 aliphatic carbocycles. The first-order valence-electron chi connectivity index (χ1n) is 7.60. The quantitative estimate of drug-likeness (QED) is 0.716. The molecule has 4 heteroatoms. The molecule has 1 aromatic rings. The van der Waals surface area contributed by atoms with Gasteiger partial charge in [0, 0.05) is 24.3 Å². The van der Waals surface area contributed by atoms with E-state index in [4.69, 9.17) is 0 Å². The molecule has 0 aliphatic heterocycles. The van der Waals surface area contributed by atoms with Gasteiger partial charge in [0.2, 0.25) is 0 Å². The van der Waals surface area contributed by atoms with Gasteiger partial charge in [-0.15, -0.1) is 0 Å². The number of nitrogens with one attached hydrogen (secondary N) is 2. The van der Waals surface area contributed by atoms with Crippen molar-refractivity contribution in [2.45, 2.75) is 58.9 Å². The van der Waals surface area contributed by atoms with Gasteiger partial charge in [-0.1, -0.05) is 33.1 Å². The number of hydrogen-bond acceptors (Lipinski definition) is 3. The molecule has 0 bridgehead atoms. The Morgan fingerprint density at radius 3 is 2.65 bits per heavy atom. The van der Waals surface area contributed by atoms with Gasteiger partial charge in [-0.05, 0) is 31.9 Å². The molecule has 20 heavy (non-hydrogen) atoms. The summed E-state index contributed by atoms with van der Waals surface area (Å²) in [5, 5.41) is 6.06. The molecular weight excluding hydrogens is 250 g/mol. The molecule has 1 amide bonds. The number of carbonyl (C=O) groups excluding carboxylic acids is 1. The summed E-state index contributed by atoms with van der Waals surface area (Å²) in [7, 11) is 1.82. The van der Waals surface area contributed by atoms with Crippen LogP contribution < -0.4 is 10.6 Å². The molecule has 0 saturated heterocycles. The summed E-state index contributed by atoms with van der Waals surface area (Å²) in [5.41, 5.74) is 1.61. The highest BCUT2D eigenvalue weighted by Gasteiger charge is 2.11. The normalized spacial score (nSPS) is 12.0. The van der Waals surface area contributed by atoms with Crippen LogP contribution in [0.2, 0.25) is 0 Å². The van der Waals surface area contributed by atoms with E-state index in [1.807, 2.05) is 20.0 Å². The number of carbonyl (C=O) groups is 1. The Morgan fingerprint density at radius 1 is 1.30 bits per heavy atom. The topological polar surface area (TPSA) is 54.0 Å². The zero-order valence-electron chi connectivity index (χ0n) is 13.1. The maximum Gasteiger partial charge on any atom is 0.251 e. The average Bonchev–Trinajstić information content (AvgIpc) is 2.46. The number of aromatic nitrogens is 1. The third kappa shape index (κ3) is 5.19. The van der Waals surface area contributed by atoms with Crippen LogP contribution in [0.3, 0.4) is 0 Å². The second kappa shape index (κ2) is 8.56. The zero-order valence-corrected chi connectivity index (χ0v) is 13.1. The van der Waals surface area contributed by atoms with Gasteiger partial charge in [0.15, 0.2) is 0 Å². The molecule has 0 spiro atoms. The highest BCUT2D eigenvalue weighted by Crippen LogP contribution is 2.12. The van der Waals surface area contributed by atoms with E-state index in [9.17, 15) is 4.79 Å². The van der Waals surface area contributed by atoms with Crippen molar-refractivity contribution < 1.29 is 4.79 Å². The number of nitrogens with zero attached hydrogens (tertiary/aromatic N) is 1. The van der Waals surface area contributed by atoms with Crippen molar-refractivity contribution in [1.82, 2.24) is 10.3 Å². The minimum atomic E-state index is -0.0115. The molecular formula is C16H27N3O. The van der Waals surface area contributed by atoms with Gasteiger partial charge in [0.05, 0.1) is 0 Å². The fourth-order valence-electron chi connectivity index (χ4n) is 2.11. The van der Waals surface area contributed by atoms with E-state index in [0.717, 1.165) is 30.8 Å². The van der Waals surface area contributed by atoms with Gasteiger partial charge < -0.3 is 10.6 Å². The number of amides is 1. The monoisotopic (exact) mass is 277 g/mol. The molecule has 0 aliphatic rings. The minimum absolute atomic E-state index is 0.0115. The highest BCUT2D eigenvalue weighted by atomic mass is 16.1. The van der Waals surface area contributed by atoms with Crippen LogP contribution in [-0.4, -0.2) is 24.0 Å². The SMILES string of the molecule is CCCCCC(C)NC(=O)c1cc(CC)nc(NC)c1. The molecule has 4 nitrogen and oxygen atoms in total. The summed E-state index contributed by atoms with van der Waals surface area (Å²) in [6, 6.07) is 3.88. The van der Waals surface area contributed by atoms with Gasteiger partial charge in [-0.3, -0.25) is 4.79 Å². The second-order valence-corrected chi connectivity index (χ2v) is 5.21. The first kappa shape index (κ1) is 16.5. The van der Waals surface area contributed by atoms with Crippen molar-refractivity contribution in [2.24, 2.45) is 0 Å². The van der Waals surface area contributed by atoms with Gasteiger partial charge >= 0.3 is 0 Å². The molecule has 1 atom stereocenters. The summed E-state index contributed by atoms with van der Waals surface area (Å²) < 4.78 is 0. The molecule has 1 unspecified atom stereocenters. The molecule has 1 heterocycles. The second-order valence-electron chi connectivity index (χ2n) is 5.21. The number of anilines is 1. The lowest BCUT2D eigenvalue weighted by molar-refractivity contribution is 0.0937. The molecule has 0 saturated carbocycles. The van der Waals surface area contributed by atoms with E-state index in [2.05, 4.69) is 29.5 Å². The van der Waals surface area contributed by atoms with Crippen LogP contribution >= 0.6 is 0 Å². The standard InChI is InChI=1S/C16H27N3O/c1-5-7-8-9-12(3)18-16(20)13-10-14(6-2)19-15(11-13)17-4/h10-12H,5-9H2,1-4H3,(H,17,19)(H,18,20). The number of unbranched alkanes of at least 4 members (excludes halogenated alkanes) is 2. The van der Waals surface area contributed by atoms with Crippen molar-refractivity contribution >= 4 is 11.7 Å². The average molecular weight is 277 g/mol. The largest absolute Gasteiger partial charge is 0.373 e. The van der Waals surface area contributed by atoms with Crippen LogP contribution in [-0.2, 0) is 6.42 Å². The van der Waals surface area contributed by atoms with Gasteiger partial charge in [-0.25, -0.2) is 4.98 Å². The van der Waals surface area contributed by atoms with E-state index >= 15 is 0 Å². The maximum absolute atomic E-state index is 12.3. The van der Waals surface area contributed by atoms with Crippen LogP contribution in [0.5, 0.6) is 0 Å². The van der Waals surface area contributed by atoms with E-state index < -0.39 is 0 Å². The smallest absolute Gasteiger partial charge is 0.251 e. The van der Waals surface area contributed by atoms with E-state index in [1.165, 1.54) is 12.8 Å². The van der Waals surface area contributed by atoms with Crippen LogP contribution in [0.25, 0.3) is 0 Å². The lowest BCUT2D eigenvalue weighted by atomic mass is 10.1. The number of aryl methyl sites for hydroxylation is 1. The summed E-state index contributed by atoms with van der Waals surface area (Å²) in [6.45, 7) is 6.29. The van der Waals surface area contributed by atoms with Crippen molar-refractivity contribution in [3.05, 3.63) is 23.4 Å². The Labute approximate surface area is 122 Å². The van der Waals surface area contributed by atoms with Crippen LogP contribution in [0.15, 0.2) is 12.1 Å². The summed E-state index contributed by atoms with van der Waals surface area (Å²) in [5.74, 6) is 0.732. The fraction of sp³-hybridized carbons (Fsp3) is 0.625. The molecule has 112 valence electrons. The maximum atomic E-state index is 12.3. The predicted molar refractivity (Wildman–Crippen MR) is 84.2 cm³/mol. The molecule has 0 radical (unpaired) electrons. The number of rotatable bonds is 8. The molecule has 1 rings (SSSR count). The molecule has 2 N–H and O–H groups in total. The third-order valence-electron chi connectivity index (χ3n) is 3.38. The molecule has 0 fully saturated rings. The zero-order chi connectivity index (χ0) is 15.0. The van der Waals surface area contributed by atoms with Crippen LogP contribution in [0.1, 0.15) is 62.5 Å².